The number of hydrogen-bond donors (Lipinski definition) is 1. The van der Waals surface area contributed by atoms with E-state index in [1.54, 1.807) is 43.3 Å². The molecule has 0 radical (unpaired) electrons. The molecule has 1 N–H and O–H groups in total. The van der Waals surface area contributed by atoms with Crippen LogP contribution in [0.1, 0.15) is 27.7 Å². The Morgan fingerprint density at radius 1 is 0.551 bits per heavy atom. The molecule has 0 saturated heterocycles. The second-order valence-electron chi connectivity index (χ2n) is 11.4. The number of halogens is 1. The molecule has 0 bridgehead atoms. The third-order valence-electron chi connectivity index (χ3n) is 7.03. The Bertz CT molecular complexity index is 2010. The average molecular weight is 663 g/mol. The van der Waals surface area contributed by atoms with Crippen LogP contribution in [0, 0.1) is 5.82 Å². The van der Waals surface area contributed by atoms with Gasteiger partial charge in [-0.1, -0.05) is 74.8 Å². The minimum absolute atomic E-state index is 0.0313. The van der Waals surface area contributed by atoms with Crippen LogP contribution in [0.15, 0.2) is 127 Å². The van der Waals surface area contributed by atoms with Crippen molar-refractivity contribution in [2.75, 3.05) is 0 Å². The summed E-state index contributed by atoms with van der Waals surface area (Å²) in [6.07, 6.45) is -1.30. The summed E-state index contributed by atoms with van der Waals surface area (Å²) in [5.74, 6) is -2.52. The molecule has 0 aromatic heterocycles. The molecule has 1 unspecified atom stereocenters. The largest absolute Gasteiger partial charge is 0.457 e. The van der Waals surface area contributed by atoms with Crippen molar-refractivity contribution in [1.82, 2.24) is 0 Å². The van der Waals surface area contributed by atoms with Gasteiger partial charge in [0, 0.05) is 22.3 Å². The lowest BCUT2D eigenvalue weighted by molar-refractivity contribution is -0.132. The number of benzene rings is 4. The first kappa shape index (κ1) is 35.8. The lowest BCUT2D eigenvalue weighted by Gasteiger charge is -2.17. The van der Waals surface area contributed by atoms with Gasteiger partial charge in [0.25, 0.3) is 0 Å². The van der Waals surface area contributed by atoms with Crippen LogP contribution in [0.2, 0.25) is 0 Å². The number of carbonyl (C=O) groups excluding carboxylic acids is 3. The molecule has 0 fully saturated rings. The van der Waals surface area contributed by atoms with E-state index in [1.807, 2.05) is 24.3 Å². The van der Waals surface area contributed by atoms with Crippen LogP contribution in [0.5, 0.6) is 23.0 Å². The number of ether oxygens (including phenoxy) is 4. The molecule has 0 amide bonds. The molecule has 0 heterocycles. The summed E-state index contributed by atoms with van der Waals surface area (Å²) in [5.41, 5.74) is 4.22. The van der Waals surface area contributed by atoms with Crippen molar-refractivity contribution in [3.8, 4) is 56.4 Å². The van der Waals surface area contributed by atoms with Crippen molar-refractivity contribution in [2.24, 2.45) is 0 Å². The molecule has 4 aromatic carbocycles. The predicted octanol–water partition coefficient (Wildman–Crippen LogP) is 8.54. The first-order chi connectivity index (χ1) is 23.1. The number of aliphatic hydroxyl groups is 1. The van der Waals surface area contributed by atoms with Crippen LogP contribution in [-0.4, -0.2) is 29.3 Å². The van der Waals surface area contributed by atoms with Crippen molar-refractivity contribution in [3.05, 3.63) is 133 Å². The third kappa shape index (κ3) is 8.85. The highest BCUT2D eigenvalue weighted by molar-refractivity contribution is 5.92. The molecule has 0 aliphatic carbocycles. The second kappa shape index (κ2) is 15.2. The monoisotopic (exact) mass is 662 g/mol. The Balaban J connectivity index is 1.62. The minimum atomic E-state index is -1.30. The van der Waals surface area contributed by atoms with Gasteiger partial charge in [-0.25, -0.2) is 18.8 Å². The minimum Gasteiger partial charge on any atom is -0.457 e. The summed E-state index contributed by atoms with van der Waals surface area (Å²) in [7, 11) is 0. The van der Waals surface area contributed by atoms with Crippen molar-refractivity contribution >= 4 is 17.9 Å². The highest BCUT2D eigenvalue weighted by Gasteiger charge is 2.19. The normalized spacial score (nSPS) is 11.1. The average Bonchev–Trinajstić information content (AvgIpc) is 3.06. The standard InChI is InChI=1S/C40H35FO8/c1-22(2)37(42)46-33-17-14-29(20-35(33)48-39(44)24(5)6)27-11-9-26(10-12-27)28-13-16-31(32(41)19-28)30-15-18-34(47-38(43)23(3)4)36(21-30)49-40(45)25(7)8/h9-21,37,42H,1,3,5,7H2,2,4,6,8H3. The van der Waals surface area contributed by atoms with E-state index in [2.05, 4.69) is 26.3 Å². The Morgan fingerprint density at radius 2 is 0.939 bits per heavy atom. The Kier molecular flexibility index (Phi) is 11.1. The van der Waals surface area contributed by atoms with Crippen LogP contribution < -0.4 is 18.9 Å². The number of carbonyl (C=O) groups is 3. The SMILES string of the molecule is C=C(C)C(=O)Oc1ccc(-c2ccc(-c3ccc(-c4ccc(OC(O)C(=C)C)c(OC(=O)C(=C)C)c4)cc3)cc2F)cc1OC(=O)C(=C)C. The fourth-order valence-corrected chi connectivity index (χ4v) is 4.27. The fourth-order valence-electron chi connectivity index (χ4n) is 4.27. The molecule has 0 aliphatic heterocycles. The van der Waals surface area contributed by atoms with E-state index in [1.165, 1.54) is 39.0 Å². The summed E-state index contributed by atoms with van der Waals surface area (Å²) in [4.78, 5) is 36.7. The van der Waals surface area contributed by atoms with E-state index in [0.29, 0.717) is 22.3 Å². The Labute approximate surface area is 284 Å². The van der Waals surface area contributed by atoms with Crippen LogP contribution >= 0.6 is 0 Å². The fraction of sp³-hybridized carbons (Fsp3) is 0.125. The second-order valence-corrected chi connectivity index (χ2v) is 11.4. The summed E-state index contributed by atoms with van der Waals surface area (Å²) in [6, 6.07) is 21.3. The molecule has 4 rings (SSSR count). The topological polar surface area (TPSA) is 108 Å². The summed E-state index contributed by atoms with van der Waals surface area (Å²) < 4.78 is 37.3. The van der Waals surface area contributed by atoms with Gasteiger partial charge in [0.15, 0.2) is 23.0 Å². The van der Waals surface area contributed by atoms with Crippen LogP contribution in [0.25, 0.3) is 33.4 Å². The van der Waals surface area contributed by atoms with Gasteiger partial charge >= 0.3 is 17.9 Å². The van der Waals surface area contributed by atoms with E-state index < -0.39 is 30.0 Å². The number of esters is 3. The molecular weight excluding hydrogens is 627 g/mol. The lowest BCUT2D eigenvalue weighted by Crippen LogP contribution is -2.17. The van der Waals surface area contributed by atoms with Gasteiger partial charge in [0.1, 0.15) is 5.82 Å². The predicted molar refractivity (Wildman–Crippen MR) is 186 cm³/mol. The van der Waals surface area contributed by atoms with Gasteiger partial charge < -0.3 is 24.1 Å². The zero-order valence-electron chi connectivity index (χ0n) is 27.6. The molecular formula is C40H35FO8. The molecule has 0 saturated carbocycles. The smallest absolute Gasteiger partial charge is 0.338 e. The number of aliphatic hydroxyl groups excluding tert-OH is 1. The van der Waals surface area contributed by atoms with Crippen molar-refractivity contribution in [1.29, 1.82) is 0 Å². The first-order valence-electron chi connectivity index (χ1n) is 15.0. The van der Waals surface area contributed by atoms with Gasteiger partial charge in [0.05, 0.1) is 0 Å². The van der Waals surface area contributed by atoms with E-state index in [-0.39, 0.29) is 45.3 Å². The summed E-state index contributed by atoms with van der Waals surface area (Å²) >= 11 is 0. The zero-order chi connectivity index (χ0) is 36.0. The summed E-state index contributed by atoms with van der Waals surface area (Å²) in [6.45, 7) is 20.5. The van der Waals surface area contributed by atoms with Gasteiger partial charge in [-0.15, -0.1) is 0 Å². The maximum absolute atomic E-state index is 15.6. The Morgan fingerprint density at radius 3 is 1.43 bits per heavy atom. The molecule has 0 aliphatic rings. The van der Waals surface area contributed by atoms with E-state index >= 15 is 4.39 Å². The highest BCUT2D eigenvalue weighted by atomic mass is 19.1. The molecule has 4 aromatic rings. The summed E-state index contributed by atoms with van der Waals surface area (Å²) in [5, 5.41) is 10.1. The molecule has 1 atom stereocenters. The quantitative estimate of drug-likeness (QED) is 0.0529. The molecule has 250 valence electrons. The van der Waals surface area contributed by atoms with Crippen LogP contribution in [-0.2, 0) is 14.4 Å². The van der Waals surface area contributed by atoms with Gasteiger partial charge in [-0.05, 0) is 91.4 Å². The Hall–Kier alpha value is -6.06. The van der Waals surface area contributed by atoms with Gasteiger partial charge in [-0.2, -0.15) is 0 Å². The van der Waals surface area contributed by atoms with E-state index in [9.17, 15) is 19.5 Å². The van der Waals surface area contributed by atoms with E-state index in [0.717, 1.165) is 11.1 Å². The van der Waals surface area contributed by atoms with Crippen LogP contribution in [0.4, 0.5) is 4.39 Å². The van der Waals surface area contributed by atoms with Crippen molar-refractivity contribution in [3.63, 3.8) is 0 Å². The molecule has 8 nitrogen and oxygen atoms in total. The highest BCUT2D eigenvalue weighted by Crippen LogP contribution is 2.37. The maximum atomic E-state index is 15.6. The molecule has 49 heavy (non-hydrogen) atoms. The molecule has 9 heteroatoms. The number of hydrogen-bond acceptors (Lipinski definition) is 8. The van der Waals surface area contributed by atoms with Crippen molar-refractivity contribution < 1.29 is 42.8 Å². The van der Waals surface area contributed by atoms with E-state index in [4.69, 9.17) is 18.9 Å². The van der Waals surface area contributed by atoms with Crippen LogP contribution in [0.3, 0.4) is 0 Å². The lowest BCUT2D eigenvalue weighted by atomic mass is 9.97. The number of rotatable bonds is 12. The first-order valence-corrected chi connectivity index (χ1v) is 15.0. The zero-order valence-corrected chi connectivity index (χ0v) is 27.6. The van der Waals surface area contributed by atoms with Crippen molar-refractivity contribution in [2.45, 2.75) is 34.0 Å². The maximum Gasteiger partial charge on any atom is 0.338 e. The van der Waals surface area contributed by atoms with Gasteiger partial charge in [-0.3, -0.25) is 0 Å². The molecule has 0 spiro atoms. The third-order valence-corrected chi connectivity index (χ3v) is 7.03. The van der Waals surface area contributed by atoms with Gasteiger partial charge in [0.2, 0.25) is 6.29 Å².